The van der Waals surface area contributed by atoms with E-state index in [1.807, 2.05) is 0 Å². The standard InChI is InChI=1S/2ClH.Co.Cu.HI.K.Mg.2H2O4S.Zn.3H/c;;;;;;;2*1-5(2,3)4;;;;/h2*1H;;;1H;;;2*(H2,1,2,3,4);;;;/q;;;;;+1;+2;;;;3*-1. The zero-order valence-electron chi connectivity index (χ0n) is 11.5. The van der Waals surface area contributed by atoms with Crippen LogP contribution in [0.5, 0.6) is 0 Å². The van der Waals surface area contributed by atoms with Crippen LogP contribution in [0.25, 0.3) is 0 Å². The van der Waals surface area contributed by atoms with Crippen LogP contribution in [0.15, 0.2) is 0 Å². The van der Waals surface area contributed by atoms with Crippen LogP contribution in [0, 0.1) is 0 Å². The van der Waals surface area contributed by atoms with E-state index in [9.17, 15) is 0 Å². The summed E-state index contributed by atoms with van der Waals surface area (Å²) < 4.78 is 63.2. The van der Waals surface area contributed by atoms with E-state index in [1.165, 1.54) is 0 Å². The molecular formula is H10Cl2CoCuIKMgO8S2Zn. The van der Waals surface area contributed by atoms with Gasteiger partial charge in [-0.15, -0.1) is 48.8 Å². The van der Waals surface area contributed by atoms with Crippen LogP contribution in [0.1, 0.15) is 4.28 Å². The van der Waals surface area contributed by atoms with Crippen molar-refractivity contribution >= 4 is 92.6 Å². The van der Waals surface area contributed by atoms with E-state index in [0.717, 1.165) is 0 Å². The van der Waals surface area contributed by atoms with Gasteiger partial charge in [0.1, 0.15) is 0 Å². The molecule has 0 saturated heterocycles. The molecule has 0 aliphatic rings. The number of halogens is 3. The van der Waals surface area contributed by atoms with Crippen LogP contribution < -0.4 is 51.4 Å². The van der Waals surface area contributed by atoms with Crippen molar-refractivity contribution in [1.29, 1.82) is 0 Å². The molecule has 0 aliphatic heterocycles. The van der Waals surface area contributed by atoms with Crippen LogP contribution in [-0.4, -0.2) is 58.1 Å². The molecule has 18 heavy (non-hydrogen) atoms. The van der Waals surface area contributed by atoms with E-state index in [2.05, 4.69) is 0 Å². The summed E-state index contributed by atoms with van der Waals surface area (Å²) in [5.41, 5.74) is 0. The Morgan fingerprint density at radius 2 is 0.778 bits per heavy atom. The summed E-state index contributed by atoms with van der Waals surface area (Å²) in [5, 5.41) is 0. The zero-order valence-corrected chi connectivity index (χ0v) is 23.6. The molecular weight excluding hydrogens is 641 g/mol. The van der Waals surface area contributed by atoms with Gasteiger partial charge in [-0.1, -0.05) is 0 Å². The minimum absolute atomic E-state index is 0. The molecule has 0 heterocycles. The fourth-order valence-electron chi connectivity index (χ4n) is 0. The van der Waals surface area contributed by atoms with Crippen molar-refractivity contribution in [2.45, 2.75) is 0 Å². The maximum absolute atomic E-state index is 8.74. The summed E-state index contributed by atoms with van der Waals surface area (Å²) in [5.74, 6) is 0. The molecule has 0 aliphatic carbocycles. The molecule has 116 valence electrons. The third-order valence-corrected chi connectivity index (χ3v) is 0. The van der Waals surface area contributed by atoms with Crippen molar-refractivity contribution in [3.63, 3.8) is 0 Å². The Balaban J connectivity index is -0.00000000364. The molecule has 4 N–H and O–H groups in total. The summed E-state index contributed by atoms with van der Waals surface area (Å²) in [4.78, 5) is 0. The van der Waals surface area contributed by atoms with Crippen LogP contribution >= 0.6 is 48.8 Å². The maximum Gasteiger partial charge on any atom is 2.00 e. The van der Waals surface area contributed by atoms with E-state index in [0.29, 0.717) is 0 Å². The van der Waals surface area contributed by atoms with Crippen molar-refractivity contribution < 1.29 is 144 Å². The Labute approximate surface area is 232 Å². The SMILES string of the molecule is Cl.Cl.I.O=S(=O)(O)O.O=S(=O)(O)O.[Co].[Cu].[H-].[H-].[H-].[K+].[Mg+2].[Zn]. The molecule has 0 fully saturated rings. The largest absolute Gasteiger partial charge is 2.00 e. The summed E-state index contributed by atoms with van der Waals surface area (Å²) in [6.07, 6.45) is 0. The molecule has 0 aromatic heterocycles. The molecule has 0 bridgehead atoms. The molecule has 0 amide bonds. The van der Waals surface area contributed by atoms with Crippen molar-refractivity contribution in [2.24, 2.45) is 0 Å². The maximum atomic E-state index is 8.74. The van der Waals surface area contributed by atoms with E-state index in [1.54, 1.807) is 0 Å². The normalized spacial score (nSPS) is 6.44. The Hall–Kier alpha value is 5.10. The van der Waals surface area contributed by atoms with E-state index in [4.69, 9.17) is 35.0 Å². The smallest absolute Gasteiger partial charge is 1.00 e. The first-order valence-electron chi connectivity index (χ1n) is 1.40. The van der Waals surface area contributed by atoms with Gasteiger partial charge in [0.05, 0.1) is 0 Å². The Morgan fingerprint density at radius 1 is 0.778 bits per heavy atom. The molecule has 18 heteroatoms. The van der Waals surface area contributed by atoms with Crippen molar-refractivity contribution in [1.82, 2.24) is 0 Å². The molecule has 2 radical (unpaired) electrons. The van der Waals surface area contributed by atoms with E-state index in [-0.39, 0.29) is 181 Å². The van der Waals surface area contributed by atoms with E-state index >= 15 is 0 Å². The minimum Gasteiger partial charge on any atom is -1.00 e. The van der Waals surface area contributed by atoms with E-state index < -0.39 is 20.8 Å². The Morgan fingerprint density at radius 3 is 0.778 bits per heavy atom. The zero-order chi connectivity index (χ0) is 9.00. The van der Waals surface area contributed by atoms with Crippen molar-refractivity contribution in [3.8, 4) is 0 Å². The first-order chi connectivity index (χ1) is 4.00. The number of hydrogen-bond donors (Lipinski definition) is 4. The van der Waals surface area contributed by atoms with Crippen LogP contribution in [0.2, 0.25) is 0 Å². The predicted octanol–water partition coefficient (Wildman–Crippen LogP) is -2.89. The van der Waals surface area contributed by atoms with Crippen molar-refractivity contribution in [2.75, 3.05) is 0 Å². The molecule has 0 unspecified atom stereocenters. The molecule has 0 aromatic rings. The fraction of sp³-hybridized carbons (Fsp3) is 0. The van der Waals surface area contributed by atoms with Gasteiger partial charge in [0, 0.05) is 53.3 Å². The number of hydrogen-bond acceptors (Lipinski definition) is 4. The summed E-state index contributed by atoms with van der Waals surface area (Å²) in [7, 11) is -9.33. The predicted molar refractivity (Wildman–Crippen MR) is 67.4 cm³/mol. The molecule has 0 atom stereocenters. The van der Waals surface area contributed by atoms with Gasteiger partial charge in [-0.2, -0.15) is 16.8 Å². The second-order valence-corrected chi connectivity index (χ2v) is 2.69. The average molecular weight is 651 g/mol. The summed E-state index contributed by atoms with van der Waals surface area (Å²) >= 11 is 0. The van der Waals surface area contributed by atoms with Crippen molar-refractivity contribution in [3.05, 3.63) is 0 Å². The summed E-state index contributed by atoms with van der Waals surface area (Å²) in [6.45, 7) is 0. The van der Waals surface area contributed by atoms with Gasteiger partial charge in [0.15, 0.2) is 0 Å². The fourth-order valence-corrected chi connectivity index (χ4v) is 0. The molecule has 0 spiro atoms. The third kappa shape index (κ3) is 328. The molecule has 8 nitrogen and oxygen atoms in total. The average Bonchev–Trinajstić information content (AvgIpc) is 1.12. The monoisotopic (exact) mass is 648 g/mol. The minimum atomic E-state index is -4.67. The van der Waals surface area contributed by atoms with Gasteiger partial charge in [-0.05, 0) is 0 Å². The van der Waals surface area contributed by atoms with Crippen LogP contribution in [-0.2, 0) is 74.1 Å². The summed E-state index contributed by atoms with van der Waals surface area (Å²) in [6, 6.07) is 0. The van der Waals surface area contributed by atoms with Gasteiger partial charge in [-0.3, -0.25) is 18.2 Å². The van der Waals surface area contributed by atoms with Gasteiger partial charge >= 0.3 is 95.2 Å². The van der Waals surface area contributed by atoms with Gasteiger partial charge < -0.3 is 4.28 Å². The topological polar surface area (TPSA) is 149 Å². The van der Waals surface area contributed by atoms with Gasteiger partial charge in [0.2, 0.25) is 0 Å². The first kappa shape index (κ1) is 65.7. The molecule has 0 aromatic carbocycles. The number of rotatable bonds is 0. The van der Waals surface area contributed by atoms with Crippen LogP contribution in [0.3, 0.4) is 0 Å². The molecule has 0 rings (SSSR count). The molecule has 0 saturated carbocycles. The second-order valence-electron chi connectivity index (χ2n) is 0.896. The van der Waals surface area contributed by atoms with Gasteiger partial charge in [0.25, 0.3) is 0 Å². The first-order valence-corrected chi connectivity index (χ1v) is 4.19. The van der Waals surface area contributed by atoms with Crippen LogP contribution in [0.4, 0.5) is 0 Å². The third-order valence-electron chi connectivity index (χ3n) is 0. The second kappa shape index (κ2) is 33.6. The quantitative estimate of drug-likeness (QED) is 0.124. The van der Waals surface area contributed by atoms with Gasteiger partial charge in [-0.25, -0.2) is 0 Å². The Kier molecular flexibility index (Phi) is 123. The Bertz CT molecular complexity index is 256.